The van der Waals surface area contributed by atoms with Crippen LogP contribution in [0, 0.1) is 35.7 Å². The number of hydrogen-bond acceptors (Lipinski definition) is 5. The molecule has 1 N–H and O–H groups in total. The Labute approximate surface area is 202 Å². The first-order valence-electron chi connectivity index (χ1n) is 11.0. The molecule has 0 aliphatic carbocycles. The van der Waals surface area contributed by atoms with Crippen LogP contribution in [0.15, 0.2) is 52.2 Å². The smallest absolute Gasteiger partial charge is 0.338 e. The number of benzene rings is 2. The third kappa shape index (κ3) is 3.76. The van der Waals surface area contributed by atoms with Crippen molar-refractivity contribution in [2.75, 3.05) is 4.90 Å². The number of fused-ring (bicyclic) bond motifs is 1. The number of anilines is 1. The van der Waals surface area contributed by atoms with Gasteiger partial charge in [0.1, 0.15) is 12.4 Å². The summed E-state index contributed by atoms with van der Waals surface area (Å²) in [6, 6.07) is 11.2. The Morgan fingerprint density at radius 2 is 1.72 bits per heavy atom. The maximum absolute atomic E-state index is 14.0. The molecule has 0 unspecified atom stereocenters. The first-order valence-corrected chi connectivity index (χ1v) is 11.0. The zero-order chi connectivity index (χ0) is 25.6. The number of nitrogens with zero attached hydrogens (tertiary/aromatic N) is 5. The Bertz CT molecular complexity index is 1620. The Morgan fingerprint density at radius 1 is 1.08 bits per heavy atom. The van der Waals surface area contributed by atoms with Gasteiger partial charge in [0, 0.05) is 19.5 Å². The van der Waals surface area contributed by atoms with E-state index >= 15 is 0 Å². The van der Waals surface area contributed by atoms with Crippen molar-refractivity contribution < 1.29 is 13.2 Å². The molecule has 4 aromatic rings. The van der Waals surface area contributed by atoms with E-state index in [1.807, 2.05) is 30.3 Å². The van der Waals surface area contributed by atoms with E-state index in [1.165, 1.54) is 10.8 Å². The molecule has 0 fully saturated rings. The number of aromatic amines is 1. The maximum Gasteiger partial charge on any atom is 0.338 e. The Morgan fingerprint density at radius 3 is 2.28 bits per heavy atom. The predicted octanol–water partition coefficient (Wildman–Crippen LogP) is 3.08. The minimum Gasteiger partial charge on any atom is -0.349 e. The molecule has 3 heterocycles. The van der Waals surface area contributed by atoms with Gasteiger partial charge in [0.2, 0.25) is 0 Å². The van der Waals surface area contributed by atoms with Crippen molar-refractivity contribution >= 4 is 5.82 Å². The fourth-order valence-electron chi connectivity index (χ4n) is 4.60. The van der Waals surface area contributed by atoms with E-state index in [0.717, 1.165) is 27.8 Å². The van der Waals surface area contributed by atoms with Gasteiger partial charge in [0.25, 0.3) is 5.56 Å². The summed E-state index contributed by atoms with van der Waals surface area (Å²) in [4.78, 5) is 29.2. The summed E-state index contributed by atoms with van der Waals surface area (Å²) in [7, 11) is 0. The Hall–Kier alpha value is -4.59. The van der Waals surface area contributed by atoms with Gasteiger partial charge in [0.15, 0.2) is 17.5 Å². The van der Waals surface area contributed by atoms with Crippen molar-refractivity contribution in [2.45, 2.75) is 33.0 Å². The molecule has 8 nitrogen and oxygen atoms in total. The van der Waals surface area contributed by atoms with Gasteiger partial charge in [0.05, 0.1) is 29.2 Å². The second-order valence-corrected chi connectivity index (χ2v) is 8.52. The normalized spacial score (nSPS) is 12.6. The van der Waals surface area contributed by atoms with Gasteiger partial charge < -0.3 is 4.90 Å². The molecule has 11 heteroatoms. The molecule has 0 radical (unpaired) electrons. The SMILES string of the molecule is Cc1[nH]ncc1-n1c(=O)c(Cc2cc(F)c(F)c(F)c2)c(N2Cc3ccccc3C2)n(CC#N)c1=O. The number of H-pyrrole nitrogens is 1. The highest BCUT2D eigenvalue weighted by Crippen LogP contribution is 2.30. The number of aryl methyl sites for hydroxylation is 1. The second-order valence-electron chi connectivity index (χ2n) is 8.52. The molecular weight excluding hydrogens is 473 g/mol. The molecule has 0 amide bonds. The molecule has 2 aromatic carbocycles. The van der Waals surface area contributed by atoms with E-state index < -0.39 is 28.7 Å². The molecular formula is C25H19F3N6O2. The van der Waals surface area contributed by atoms with E-state index in [1.54, 1.807) is 11.8 Å². The van der Waals surface area contributed by atoms with Crippen molar-refractivity contribution in [1.82, 2.24) is 19.3 Å². The summed E-state index contributed by atoms with van der Waals surface area (Å²) >= 11 is 0. The van der Waals surface area contributed by atoms with Crippen LogP contribution in [0.4, 0.5) is 19.0 Å². The summed E-state index contributed by atoms with van der Waals surface area (Å²) in [5.41, 5.74) is 1.13. The van der Waals surface area contributed by atoms with Gasteiger partial charge in [-0.3, -0.25) is 14.5 Å². The molecule has 5 rings (SSSR count). The van der Waals surface area contributed by atoms with Crippen LogP contribution in [0.5, 0.6) is 0 Å². The van der Waals surface area contributed by atoms with Crippen molar-refractivity contribution in [3.05, 3.63) is 109 Å². The monoisotopic (exact) mass is 492 g/mol. The van der Waals surface area contributed by atoms with Crippen LogP contribution in [-0.4, -0.2) is 19.3 Å². The lowest BCUT2D eigenvalue weighted by Gasteiger charge is -2.26. The van der Waals surface area contributed by atoms with E-state index in [0.29, 0.717) is 18.8 Å². The summed E-state index contributed by atoms with van der Waals surface area (Å²) in [5.74, 6) is -4.23. The summed E-state index contributed by atoms with van der Waals surface area (Å²) in [6.07, 6.45) is 0.999. The molecule has 0 saturated heterocycles. The van der Waals surface area contributed by atoms with Crippen LogP contribution < -0.4 is 16.1 Å². The minimum absolute atomic E-state index is 0.000849. The van der Waals surface area contributed by atoms with Gasteiger partial charge in [-0.25, -0.2) is 22.5 Å². The number of nitrogens with one attached hydrogen (secondary N) is 1. The molecule has 0 atom stereocenters. The molecule has 1 aliphatic rings. The average molecular weight is 492 g/mol. The van der Waals surface area contributed by atoms with E-state index in [2.05, 4.69) is 10.2 Å². The average Bonchev–Trinajstić information content (AvgIpc) is 3.47. The molecule has 0 bridgehead atoms. The first kappa shape index (κ1) is 23.2. The topological polar surface area (TPSA) is 99.7 Å². The quantitative estimate of drug-likeness (QED) is 0.432. The Balaban J connectivity index is 1.79. The summed E-state index contributed by atoms with van der Waals surface area (Å²) < 4.78 is 43.7. The van der Waals surface area contributed by atoms with Crippen molar-refractivity contribution in [3.63, 3.8) is 0 Å². The second kappa shape index (κ2) is 8.88. The van der Waals surface area contributed by atoms with Crippen molar-refractivity contribution in [1.29, 1.82) is 5.26 Å². The molecule has 182 valence electrons. The first-order chi connectivity index (χ1) is 17.3. The predicted molar refractivity (Wildman–Crippen MR) is 124 cm³/mol. The minimum atomic E-state index is -1.62. The highest BCUT2D eigenvalue weighted by molar-refractivity contribution is 5.55. The molecule has 0 spiro atoms. The number of rotatable bonds is 5. The van der Waals surface area contributed by atoms with Crippen LogP contribution in [0.3, 0.4) is 0 Å². The zero-order valence-corrected chi connectivity index (χ0v) is 19.1. The number of nitriles is 1. The fourth-order valence-corrected chi connectivity index (χ4v) is 4.60. The van der Waals surface area contributed by atoms with Gasteiger partial charge in [-0.2, -0.15) is 10.4 Å². The summed E-state index contributed by atoms with van der Waals surface area (Å²) in [6.45, 7) is 1.96. The highest BCUT2D eigenvalue weighted by atomic mass is 19.2. The Kier molecular flexibility index (Phi) is 5.72. The van der Waals surface area contributed by atoms with E-state index in [4.69, 9.17) is 0 Å². The largest absolute Gasteiger partial charge is 0.349 e. The lowest BCUT2D eigenvalue weighted by Crippen LogP contribution is -2.44. The van der Waals surface area contributed by atoms with Gasteiger partial charge in [-0.05, 0) is 35.7 Å². The third-order valence-electron chi connectivity index (χ3n) is 6.25. The van der Waals surface area contributed by atoms with E-state index in [9.17, 15) is 28.0 Å². The van der Waals surface area contributed by atoms with Gasteiger partial charge in [-0.15, -0.1) is 0 Å². The molecule has 36 heavy (non-hydrogen) atoms. The lowest BCUT2D eigenvalue weighted by molar-refractivity contribution is 0.445. The van der Waals surface area contributed by atoms with Gasteiger partial charge >= 0.3 is 5.69 Å². The van der Waals surface area contributed by atoms with Crippen LogP contribution in [-0.2, 0) is 26.1 Å². The molecule has 2 aromatic heterocycles. The molecule has 0 saturated carbocycles. The van der Waals surface area contributed by atoms with Crippen molar-refractivity contribution in [2.24, 2.45) is 0 Å². The van der Waals surface area contributed by atoms with Crippen LogP contribution in [0.1, 0.15) is 27.9 Å². The van der Waals surface area contributed by atoms with Crippen LogP contribution in [0.2, 0.25) is 0 Å². The number of halogens is 3. The highest BCUT2D eigenvalue weighted by Gasteiger charge is 2.29. The summed E-state index contributed by atoms with van der Waals surface area (Å²) in [5, 5.41) is 16.1. The van der Waals surface area contributed by atoms with Gasteiger partial charge in [-0.1, -0.05) is 24.3 Å². The number of aromatic nitrogens is 4. The maximum atomic E-state index is 14.0. The fraction of sp³-hybridized carbons (Fsp3) is 0.200. The van der Waals surface area contributed by atoms with E-state index in [-0.39, 0.29) is 35.6 Å². The molecule has 1 aliphatic heterocycles. The van der Waals surface area contributed by atoms with Crippen molar-refractivity contribution in [3.8, 4) is 11.8 Å². The van der Waals surface area contributed by atoms with Crippen LogP contribution in [0.25, 0.3) is 5.69 Å². The standard InChI is InChI=1S/C25H19F3N6O2/c1-14-21(11-30-31-14)34-24(35)18(8-15-9-19(26)22(28)20(27)10-15)23(33(7-6-29)25(34)36)32-12-16-4-2-3-5-17(16)13-32/h2-5,9-11H,7-8,12-13H2,1H3,(H,30,31). The van der Waals surface area contributed by atoms with Crippen LogP contribution >= 0.6 is 0 Å². The third-order valence-corrected chi connectivity index (χ3v) is 6.25. The number of hydrogen-bond donors (Lipinski definition) is 1. The lowest BCUT2D eigenvalue weighted by atomic mass is 10.0. The zero-order valence-electron chi connectivity index (χ0n) is 19.1.